The maximum absolute atomic E-state index is 9.75. The van der Waals surface area contributed by atoms with Crippen LogP contribution in [0.3, 0.4) is 0 Å². The van der Waals surface area contributed by atoms with E-state index in [4.69, 9.17) is 9.84 Å². The summed E-state index contributed by atoms with van der Waals surface area (Å²) in [6.45, 7) is 12.3. The Morgan fingerprint density at radius 3 is 2.19 bits per heavy atom. The largest absolute Gasteiger partial charge is 0.673 e. The van der Waals surface area contributed by atoms with Crippen LogP contribution in [0, 0.1) is 26.7 Å². The molecule has 0 saturated heterocycles. The van der Waals surface area contributed by atoms with Crippen molar-refractivity contribution in [2.24, 2.45) is 5.92 Å². The van der Waals surface area contributed by atoms with Crippen molar-refractivity contribution in [3.05, 3.63) is 41.0 Å². The SMILES string of the molecule is Cc1cc(C)c(-n2c[n+]3c(n2)COCC3C(C)C)c(C)c1.F[B-](F)(F)F. The van der Waals surface area contributed by atoms with E-state index >= 15 is 0 Å². The van der Waals surface area contributed by atoms with Crippen molar-refractivity contribution >= 4 is 7.25 Å². The molecule has 0 saturated carbocycles. The topological polar surface area (TPSA) is 30.9 Å². The van der Waals surface area contributed by atoms with Gasteiger partial charge in [0.05, 0.1) is 6.61 Å². The Morgan fingerprint density at radius 1 is 1.15 bits per heavy atom. The van der Waals surface area contributed by atoms with Crippen molar-refractivity contribution in [2.45, 2.75) is 47.3 Å². The van der Waals surface area contributed by atoms with Gasteiger partial charge >= 0.3 is 13.1 Å². The second-order valence-corrected chi connectivity index (χ2v) is 6.95. The van der Waals surface area contributed by atoms with Crippen LogP contribution in [0.2, 0.25) is 0 Å². The molecule has 144 valence electrons. The van der Waals surface area contributed by atoms with Crippen LogP contribution in [0.1, 0.15) is 42.4 Å². The van der Waals surface area contributed by atoms with E-state index < -0.39 is 7.25 Å². The van der Waals surface area contributed by atoms with E-state index in [9.17, 15) is 17.3 Å². The molecule has 2 heterocycles. The Morgan fingerprint density at radius 2 is 1.69 bits per heavy atom. The van der Waals surface area contributed by atoms with Gasteiger partial charge in [0.1, 0.15) is 18.3 Å². The Bertz CT molecular complexity index is 745. The van der Waals surface area contributed by atoms with Gasteiger partial charge in [0.25, 0.3) is 0 Å². The lowest BCUT2D eigenvalue weighted by Gasteiger charge is -2.22. The summed E-state index contributed by atoms with van der Waals surface area (Å²) < 4.78 is 49.0. The van der Waals surface area contributed by atoms with Crippen molar-refractivity contribution in [1.29, 1.82) is 0 Å². The summed E-state index contributed by atoms with van der Waals surface area (Å²) >= 11 is 0. The number of fused-ring (bicyclic) bond motifs is 1. The molecule has 26 heavy (non-hydrogen) atoms. The van der Waals surface area contributed by atoms with Crippen molar-refractivity contribution in [3.63, 3.8) is 0 Å². The van der Waals surface area contributed by atoms with Crippen LogP contribution in [-0.4, -0.2) is 23.6 Å². The minimum Gasteiger partial charge on any atom is -0.418 e. The first-order valence-electron chi connectivity index (χ1n) is 8.50. The van der Waals surface area contributed by atoms with E-state index in [1.807, 2.05) is 4.68 Å². The molecule has 0 spiro atoms. The molecule has 1 aromatic heterocycles. The average Bonchev–Trinajstić information content (AvgIpc) is 2.87. The van der Waals surface area contributed by atoms with Crippen LogP contribution < -0.4 is 4.57 Å². The van der Waals surface area contributed by atoms with Crippen LogP contribution in [0.5, 0.6) is 0 Å². The van der Waals surface area contributed by atoms with Gasteiger partial charge in [-0.1, -0.05) is 36.2 Å². The van der Waals surface area contributed by atoms with Gasteiger partial charge in [-0.25, -0.2) is 4.57 Å². The lowest BCUT2D eigenvalue weighted by Crippen LogP contribution is -2.49. The Balaban J connectivity index is 0.000000431. The van der Waals surface area contributed by atoms with Crippen LogP contribution in [0.15, 0.2) is 18.5 Å². The summed E-state index contributed by atoms with van der Waals surface area (Å²) in [6, 6.07) is 4.79. The van der Waals surface area contributed by atoms with E-state index in [-0.39, 0.29) is 0 Å². The number of halogens is 4. The van der Waals surface area contributed by atoms with Gasteiger partial charge in [-0.2, -0.15) is 0 Å². The third-order valence-corrected chi connectivity index (χ3v) is 4.27. The molecular formula is C17H24BF4N3O. The van der Waals surface area contributed by atoms with Gasteiger partial charge in [0, 0.05) is 5.10 Å². The molecule has 0 N–H and O–H groups in total. The van der Waals surface area contributed by atoms with Gasteiger partial charge in [0.15, 0.2) is 0 Å². The van der Waals surface area contributed by atoms with E-state index in [0.29, 0.717) is 18.6 Å². The van der Waals surface area contributed by atoms with Gasteiger partial charge in [-0.05, 0) is 37.8 Å². The standard InChI is InChI=1S/C17H24N3O.BF4/c1-11(2)15-8-21-9-16-18-20(10-19(15)16)17-13(4)6-12(3)7-14(17)5;2-1(3,4)5/h6-7,10-11,15H,8-9H2,1-5H3;/q+1;-1. The maximum Gasteiger partial charge on any atom is 0.673 e. The van der Waals surface area contributed by atoms with Crippen molar-refractivity contribution in [3.8, 4) is 5.69 Å². The van der Waals surface area contributed by atoms with Gasteiger partial charge < -0.3 is 22.0 Å². The fourth-order valence-corrected chi connectivity index (χ4v) is 3.27. The maximum atomic E-state index is 9.75. The molecule has 1 aromatic carbocycles. The normalized spacial score (nSPS) is 16.9. The molecule has 0 fully saturated rings. The van der Waals surface area contributed by atoms with Crippen molar-refractivity contribution < 1.29 is 26.6 Å². The molecule has 0 amide bonds. The van der Waals surface area contributed by atoms with Gasteiger partial charge in [-0.3, -0.25) is 0 Å². The molecule has 0 bridgehead atoms. The smallest absolute Gasteiger partial charge is 0.418 e. The highest BCUT2D eigenvalue weighted by molar-refractivity contribution is 6.50. The monoisotopic (exact) mass is 373 g/mol. The van der Waals surface area contributed by atoms with E-state index in [0.717, 1.165) is 12.4 Å². The van der Waals surface area contributed by atoms with Gasteiger partial charge in [-0.15, -0.1) is 0 Å². The number of ether oxygens (including phenoxy) is 1. The minimum absolute atomic E-state index is 0.369. The lowest BCUT2D eigenvalue weighted by atomic mass is 10.0. The van der Waals surface area contributed by atoms with Crippen LogP contribution in [0.4, 0.5) is 17.3 Å². The fourth-order valence-electron chi connectivity index (χ4n) is 3.27. The first kappa shape index (κ1) is 20.4. The highest BCUT2D eigenvalue weighted by Crippen LogP contribution is 2.22. The van der Waals surface area contributed by atoms with E-state index in [2.05, 4.69) is 57.6 Å². The van der Waals surface area contributed by atoms with Crippen LogP contribution in [-0.2, 0) is 11.3 Å². The number of aromatic nitrogens is 3. The fraction of sp³-hybridized carbons (Fsp3) is 0.529. The zero-order valence-electron chi connectivity index (χ0n) is 15.6. The summed E-state index contributed by atoms with van der Waals surface area (Å²) in [5.74, 6) is 1.55. The van der Waals surface area contributed by atoms with E-state index in [1.165, 1.54) is 22.4 Å². The average molecular weight is 373 g/mol. The first-order chi connectivity index (χ1) is 12.0. The molecule has 1 unspecified atom stereocenters. The number of rotatable bonds is 2. The Kier molecular flexibility index (Phi) is 6.11. The first-order valence-corrected chi connectivity index (χ1v) is 8.50. The molecule has 1 atom stereocenters. The third kappa shape index (κ3) is 5.06. The summed E-state index contributed by atoms with van der Waals surface area (Å²) in [5.41, 5.74) is 5.00. The summed E-state index contributed by atoms with van der Waals surface area (Å²) in [4.78, 5) is 0. The second-order valence-electron chi connectivity index (χ2n) is 6.95. The quantitative estimate of drug-likeness (QED) is 0.451. The summed E-state index contributed by atoms with van der Waals surface area (Å²) in [7, 11) is -6.00. The zero-order chi connectivity index (χ0) is 19.6. The Hall–Kier alpha value is -1.90. The lowest BCUT2D eigenvalue weighted by molar-refractivity contribution is -0.749. The van der Waals surface area contributed by atoms with Gasteiger partial charge in [0.2, 0.25) is 6.33 Å². The number of hydrogen-bond acceptors (Lipinski definition) is 2. The molecule has 1 aliphatic heterocycles. The predicted octanol–water partition coefficient (Wildman–Crippen LogP) is 4.11. The molecule has 1 aliphatic rings. The van der Waals surface area contributed by atoms with Crippen LogP contribution in [0.25, 0.3) is 5.69 Å². The highest BCUT2D eigenvalue weighted by atomic mass is 19.5. The minimum atomic E-state index is -6.00. The van der Waals surface area contributed by atoms with Crippen molar-refractivity contribution in [1.82, 2.24) is 9.78 Å². The number of nitrogens with zero attached hydrogens (tertiary/aromatic N) is 3. The number of hydrogen-bond donors (Lipinski definition) is 0. The van der Waals surface area contributed by atoms with E-state index in [1.54, 1.807) is 0 Å². The summed E-state index contributed by atoms with van der Waals surface area (Å²) in [5, 5.41) is 4.76. The highest BCUT2D eigenvalue weighted by Gasteiger charge is 2.32. The second kappa shape index (κ2) is 7.78. The number of benzene rings is 1. The zero-order valence-corrected chi connectivity index (χ0v) is 15.6. The van der Waals surface area contributed by atoms with Crippen LogP contribution >= 0.6 is 0 Å². The molecule has 2 aromatic rings. The third-order valence-electron chi connectivity index (χ3n) is 4.27. The summed E-state index contributed by atoms with van der Waals surface area (Å²) in [6.07, 6.45) is 2.13. The molecule has 3 rings (SSSR count). The molecule has 4 nitrogen and oxygen atoms in total. The molecule has 0 radical (unpaired) electrons. The number of aryl methyl sites for hydroxylation is 3. The van der Waals surface area contributed by atoms with Crippen molar-refractivity contribution in [2.75, 3.05) is 6.61 Å². The Labute approximate surface area is 150 Å². The molecule has 0 aliphatic carbocycles. The molecule has 9 heteroatoms. The predicted molar refractivity (Wildman–Crippen MR) is 91.7 cm³/mol. The molecular weight excluding hydrogens is 349 g/mol.